The van der Waals surface area contributed by atoms with E-state index in [1.165, 1.54) is 17.0 Å². The molecule has 0 aliphatic carbocycles. The monoisotopic (exact) mass is 425 g/mol. The molecule has 28 heavy (non-hydrogen) atoms. The molecule has 0 bridgehead atoms. The van der Waals surface area contributed by atoms with Gasteiger partial charge in [-0.15, -0.1) is 6.58 Å². The molecule has 10 heteroatoms. The molecule has 0 atom stereocenters. The molecule has 1 aliphatic rings. The molecule has 1 fully saturated rings. The maximum Gasteiger partial charge on any atom is 0.263 e. The number of likely N-dealkylation sites (tertiary alicyclic amines) is 1. The van der Waals surface area contributed by atoms with Crippen LogP contribution >= 0.6 is 11.3 Å². The zero-order chi connectivity index (χ0) is 20.3. The van der Waals surface area contributed by atoms with Crippen molar-refractivity contribution in [2.24, 2.45) is 4.99 Å². The number of rotatable bonds is 6. The second kappa shape index (κ2) is 8.36. The topological polar surface area (TPSA) is 88.8 Å². The Kier molecular flexibility index (Phi) is 6.09. The second-order valence-corrected chi connectivity index (χ2v) is 9.60. The van der Waals surface area contributed by atoms with Gasteiger partial charge in [0.15, 0.2) is 14.6 Å². The van der Waals surface area contributed by atoms with Crippen molar-refractivity contribution in [1.29, 1.82) is 0 Å². The quantitative estimate of drug-likeness (QED) is 0.656. The Labute approximate surface area is 165 Å². The van der Waals surface area contributed by atoms with Crippen LogP contribution in [0.4, 0.5) is 4.39 Å². The van der Waals surface area contributed by atoms with Gasteiger partial charge in [0.25, 0.3) is 5.91 Å². The van der Waals surface area contributed by atoms with E-state index in [0.717, 1.165) is 24.2 Å². The van der Waals surface area contributed by atoms with Crippen molar-refractivity contribution in [1.82, 2.24) is 9.47 Å². The van der Waals surface area contributed by atoms with Gasteiger partial charge in [-0.1, -0.05) is 17.4 Å². The minimum Gasteiger partial charge on any atom is -0.342 e. The lowest BCUT2D eigenvalue weighted by molar-refractivity contribution is -0.127. The smallest absolute Gasteiger partial charge is 0.263 e. The third-order valence-corrected chi connectivity index (χ3v) is 6.74. The largest absolute Gasteiger partial charge is 0.342 e. The predicted octanol–water partition coefficient (Wildman–Crippen LogP) is 1.49. The molecular weight excluding hydrogens is 405 g/mol. The Morgan fingerprint density at radius 2 is 1.96 bits per heavy atom. The van der Waals surface area contributed by atoms with Gasteiger partial charge in [0.1, 0.15) is 17.3 Å². The number of thiazole rings is 1. The molecule has 7 nitrogen and oxygen atoms in total. The first-order chi connectivity index (χ1) is 13.3. The van der Waals surface area contributed by atoms with E-state index in [2.05, 4.69) is 11.6 Å². The van der Waals surface area contributed by atoms with E-state index in [9.17, 15) is 22.4 Å². The fraction of sp³-hybridized carbons (Fsp3) is 0.389. The van der Waals surface area contributed by atoms with Crippen LogP contribution in [0.3, 0.4) is 0 Å². The summed E-state index contributed by atoms with van der Waals surface area (Å²) in [6.45, 7) is 5.08. The average molecular weight is 426 g/mol. The number of allylic oxidation sites excluding steroid dienone is 1. The predicted molar refractivity (Wildman–Crippen MR) is 105 cm³/mol. The van der Waals surface area contributed by atoms with Gasteiger partial charge in [0.2, 0.25) is 5.91 Å². The average Bonchev–Trinajstić information content (AvgIpc) is 3.23. The summed E-state index contributed by atoms with van der Waals surface area (Å²) in [7, 11) is -3.92. The van der Waals surface area contributed by atoms with E-state index in [1.54, 1.807) is 16.7 Å². The van der Waals surface area contributed by atoms with E-state index in [4.69, 9.17) is 0 Å². The molecule has 0 spiro atoms. The molecule has 1 aliphatic heterocycles. The Morgan fingerprint density at radius 3 is 2.64 bits per heavy atom. The number of hydrogen-bond acceptors (Lipinski definition) is 5. The molecule has 1 aromatic carbocycles. The van der Waals surface area contributed by atoms with Gasteiger partial charge < -0.3 is 9.47 Å². The molecular formula is C18H20FN3O4S2. The number of nitrogens with zero attached hydrogens (tertiary/aromatic N) is 3. The van der Waals surface area contributed by atoms with Crippen LogP contribution in [-0.4, -0.2) is 54.3 Å². The third-order valence-electron chi connectivity index (χ3n) is 4.32. The van der Waals surface area contributed by atoms with Gasteiger partial charge in [0.05, 0.1) is 10.2 Å². The summed E-state index contributed by atoms with van der Waals surface area (Å²) in [6.07, 6.45) is 3.32. The SMILES string of the molecule is C=CCn1c(=NC(=O)CS(=O)(=O)CC(=O)N2CCCC2)sc2cc(F)ccc21. The molecule has 1 saturated heterocycles. The van der Waals surface area contributed by atoms with Crippen LogP contribution in [0.25, 0.3) is 10.2 Å². The fourth-order valence-corrected chi connectivity index (χ4v) is 5.25. The molecule has 150 valence electrons. The van der Waals surface area contributed by atoms with Crippen LogP contribution in [0.15, 0.2) is 35.8 Å². The maximum absolute atomic E-state index is 13.5. The minimum atomic E-state index is -3.92. The van der Waals surface area contributed by atoms with Gasteiger partial charge in [-0.05, 0) is 31.0 Å². The standard InChI is InChI=1S/C18H20FN3O4S2/c1-2-7-22-14-6-5-13(19)10-15(14)27-18(22)20-16(23)11-28(25,26)12-17(24)21-8-3-4-9-21/h2,5-6,10H,1,3-4,7-9,11-12H2. The summed E-state index contributed by atoms with van der Waals surface area (Å²) in [5.41, 5.74) is 0.671. The number of carbonyl (C=O) groups excluding carboxylic acids is 2. The van der Waals surface area contributed by atoms with Crippen LogP contribution in [0, 0.1) is 5.82 Å². The first-order valence-electron chi connectivity index (χ1n) is 8.74. The highest BCUT2D eigenvalue weighted by Gasteiger charge is 2.26. The maximum atomic E-state index is 13.5. The van der Waals surface area contributed by atoms with Crippen LogP contribution in [0.1, 0.15) is 12.8 Å². The van der Waals surface area contributed by atoms with Gasteiger partial charge >= 0.3 is 0 Å². The molecule has 0 N–H and O–H groups in total. The number of hydrogen-bond donors (Lipinski definition) is 0. The number of sulfone groups is 1. The van der Waals surface area contributed by atoms with E-state index in [0.29, 0.717) is 29.9 Å². The van der Waals surface area contributed by atoms with E-state index in [-0.39, 0.29) is 4.80 Å². The highest BCUT2D eigenvalue weighted by atomic mass is 32.2. The summed E-state index contributed by atoms with van der Waals surface area (Å²) < 4.78 is 40.2. The van der Waals surface area contributed by atoms with Crippen molar-refractivity contribution >= 4 is 43.2 Å². The van der Waals surface area contributed by atoms with Gasteiger partial charge in [0, 0.05) is 19.6 Å². The highest BCUT2D eigenvalue weighted by molar-refractivity contribution is 7.92. The lowest BCUT2D eigenvalue weighted by atomic mass is 10.3. The number of halogens is 1. The number of fused-ring (bicyclic) bond motifs is 1. The van der Waals surface area contributed by atoms with Crippen molar-refractivity contribution < 1.29 is 22.4 Å². The Morgan fingerprint density at radius 1 is 1.25 bits per heavy atom. The van der Waals surface area contributed by atoms with Crippen LogP contribution < -0.4 is 4.80 Å². The number of carbonyl (C=O) groups is 2. The normalized spacial score (nSPS) is 15.3. The van der Waals surface area contributed by atoms with Crippen molar-refractivity contribution in [2.45, 2.75) is 19.4 Å². The summed E-state index contributed by atoms with van der Waals surface area (Å²) in [5.74, 6) is -3.30. The molecule has 3 rings (SSSR count). The van der Waals surface area contributed by atoms with Gasteiger partial charge in [-0.2, -0.15) is 4.99 Å². The van der Waals surface area contributed by atoms with Gasteiger partial charge in [-0.25, -0.2) is 12.8 Å². The Hall–Kier alpha value is -2.33. The first kappa shape index (κ1) is 20.4. The molecule has 0 saturated carbocycles. The van der Waals surface area contributed by atoms with Crippen molar-refractivity contribution in [3.05, 3.63) is 41.5 Å². The van der Waals surface area contributed by atoms with E-state index < -0.39 is 39.0 Å². The second-order valence-electron chi connectivity index (χ2n) is 6.52. The number of benzene rings is 1. The zero-order valence-electron chi connectivity index (χ0n) is 15.1. The van der Waals surface area contributed by atoms with Crippen LogP contribution in [0.5, 0.6) is 0 Å². The van der Waals surface area contributed by atoms with Crippen molar-refractivity contribution in [3.63, 3.8) is 0 Å². The third kappa shape index (κ3) is 4.74. The zero-order valence-corrected chi connectivity index (χ0v) is 16.8. The minimum absolute atomic E-state index is 0.256. The summed E-state index contributed by atoms with van der Waals surface area (Å²) in [5, 5.41) is 0. The molecule has 2 aromatic rings. The van der Waals surface area contributed by atoms with Crippen LogP contribution in [0.2, 0.25) is 0 Å². The Balaban J connectivity index is 1.82. The lowest BCUT2D eigenvalue weighted by Crippen LogP contribution is -2.35. The van der Waals surface area contributed by atoms with E-state index in [1.807, 2.05) is 0 Å². The molecule has 2 amide bonds. The lowest BCUT2D eigenvalue weighted by Gasteiger charge is -2.14. The summed E-state index contributed by atoms with van der Waals surface area (Å²) in [4.78, 5) is 30.0. The summed E-state index contributed by atoms with van der Waals surface area (Å²) in [6, 6.07) is 4.20. The Bertz CT molecular complexity index is 1100. The molecule has 0 unspecified atom stereocenters. The number of aromatic nitrogens is 1. The van der Waals surface area contributed by atoms with E-state index >= 15 is 0 Å². The summed E-state index contributed by atoms with van der Waals surface area (Å²) >= 11 is 1.08. The van der Waals surface area contributed by atoms with Crippen LogP contribution in [-0.2, 0) is 26.0 Å². The molecule has 0 radical (unpaired) electrons. The fourth-order valence-electron chi connectivity index (χ4n) is 3.06. The van der Waals surface area contributed by atoms with Crippen molar-refractivity contribution in [3.8, 4) is 0 Å². The molecule has 1 aromatic heterocycles. The molecule has 2 heterocycles. The van der Waals surface area contributed by atoms with Crippen molar-refractivity contribution in [2.75, 3.05) is 24.6 Å². The highest BCUT2D eigenvalue weighted by Crippen LogP contribution is 2.18. The number of amides is 2. The first-order valence-corrected chi connectivity index (χ1v) is 11.4. The van der Waals surface area contributed by atoms with Gasteiger partial charge in [-0.3, -0.25) is 9.59 Å².